The Hall–Kier alpha value is -3.00. The third kappa shape index (κ3) is 6.03. The van der Waals surface area contributed by atoms with Gasteiger partial charge in [0.15, 0.2) is 0 Å². The highest BCUT2D eigenvalue weighted by atomic mass is 32.2. The zero-order chi connectivity index (χ0) is 26.7. The highest BCUT2D eigenvalue weighted by molar-refractivity contribution is 7.89. The lowest BCUT2D eigenvalue weighted by Crippen LogP contribution is -2.57. The SMILES string of the molecule is COc1ccc(S(=O)(=O)NC(C(=O)N2CCN(S(=O)(=O)c3ccc(C(=O)O)cc3)CC2)C(C)C)cc1. The summed E-state index contributed by atoms with van der Waals surface area (Å²) in [7, 11) is -6.41. The molecule has 11 nitrogen and oxygen atoms in total. The van der Waals surface area contributed by atoms with Gasteiger partial charge in [-0.2, -0.15) is 9.03 Å². The van der Waals surface area contributed by atoms with Crippen LogP contribution in [-0.4, -0.2) is 82.4 Å². The average Bonchev–Trinajstić information content (AvgIpc) is 2.87. The van der Waals surface area contributed by atoms with Crippen LogP contribution in [0.2, 0.25) is 0 Å². The molecule has 0 spiro atoms. The molecule has 0 bridgehead atoms. The molecule has 1 heterocycles. The van der Waals surface area contributed by atoms with Crippen molar-refractivity contribution in [2.24, 2.45) is 5.92 Å². The summed E-state index contributed by atoms with van der Waals surface area (Å²) in [4.78, 5) is 25.6. The summed E-state index contributed by atoms with van der Waals surface area (Å²) in [6.07, 6.45) is 0. The Morgan fingerprint density at radius 3 is 1.89 bits per heavy atom. The molecule has 196 valence electrons. The van der Waals surface area contributed by atoms with Crippen LogP contribution in [0.15, 0.2) is 58.3 Å². The molecule has 36 heavy (non-hydrogen) atoms. The fraction of sp³-hybridized carbons (Fsp3) is 0.391. The van der Waals surface area contributed by atoms with Gasteiger partial charge in [0, 0.05) is 26.2 Å². The van der Waals surface area contributed by atoms with Gasteiger partial charge in [0.05, 0.1) is 22.5 Å². The van der Waals surface area contributed by atoms with Crippen molar-refractivity contribution in [1.82, 2.24) is 13.9 Å². The van der Waals surface area contributed by atoms with Crippen molar-refractivity contribution in [3.8, 4) is 5.75 Å². The Balaban J connectivity index is 1.69. The van der Waals surface area contributed by atoms with Crippen LogP contribution >= 0.6 is 0 Å². The molecular formula is C23H29N3O8S2. The monoisotopic (exact) mass is 539 g/mol. The van der Waals surface area contributed by atoms with Crippen LogP contribution < -0.4 is 9.46 Å². The number of benzene rings is 2. The molecule has 1 amide bonds. The molecule has 0 radical (unpaired) electrons. The first kappa shape index (κ1) is 27.6. The number of hydrogen-bond donors (Lipinski definition) is 2. The van der Waals surface area contributed by atoms with E-state index in [9.17, 15) is 26.4 Å². The summed E-state index contributed by atoms with van der Waals surface area (Å²) >= 11 is 0. The van der Waals surface area contributed by atoms with Crippen molar-refractivity contribution < 1.29 is 36.3 Å². The lowest BCUT2D eigenvalue weighted by atomic mass is 10.0. The number of carbonyl (C=O) groups excluding carboxylic acids is 1. The lowest BCUT2D eigenvalue weighted by Gasteiger charge is -2.36. The number of hydrogen-bond acceptors (Lipinski definition) is 7. The number of nitrogens with one attached hydrogen (secondary N) is 1. The standard InChI is InChI=1S/C23H29N3O8S2/c1-16(2)21(24-35(30,31)19-10-6-18(34-3)7-11-19)22(27)25-12-14-26(15-13-25)36(32,33)20-8-4-17(5-9-20)23(28)29/h4-11,16,21,24H,12-15H2,1-3H3,(H,28,29). The molecule has 1 atom stereocenters. The minimum absolute atomic E-state index is 0.00780. The van der Waals surface area contributed by atoms with Crippen LogP contribution in [-0.2, 0) is 24.8 Å². The number of amides is 1. The van der Waals surface area contributed by atoms with Crippen molar-refractivity contribution in [1.29, 1.82) is 0 Å². The van der Waals surface area contributed by atoms with Gasteiger partial charge in [0.1, 0.15) is 11.8 Å². The molecule has 13 heteroatoms. The Bertz CT molecular complexity index is 1300. The van der Waals surface area contributed by atoms with Gasteiger partial charge >= 0.3 is 5.97 Å². The maximum atomic E-state index is 13.2. The van der Waals surface area contributed by atoms with Crippen molar-refractivity contribution in [3.63, 3.8) is 0 Å². The number of methoxy groups -OCH3 is 1. The van der Waals surface area contributed by atoms with Gasteiger partial charge in [-0.1, -0.05) is 13.8 Å². The van der Waals surface area contributed by atoms with Crippen LogP contribution in [0, 0.1) is 5.92 Å². The third-order valence-electron chi connectivity index (χ3n) is 5.87. The smallest absolute Gasteiger partial charge is 0.335 e. The molecule has 0 saturated carbocycles. The number of aromatic carboxylic acids is 1. The second-order valence-corrected chi connectivity index (χ2v) is 12.2. The van der Waals surface area contributed by atoms with E-state index in [1.165, 1.54) is 64.8 Å². The van der Waals surface area contributed by atoms with Gasteiger partial charge < -0.3 is 14.7 Å². The molecule has 0 aliphatic carbocycles. The van der Waals surface area contributed by atoms with E-state index in [2.05, 4.69) is 4.72 Å². The average molecular weight is 540 g/mol. The molecule has 1 unspecified atom stereocenters. The van der Waals surface area contributed by atoms with Crippen LogP contribution in [0.5, 0.6) is 5.75 Å². The van der Waals surface area contributed by atoms with Gasteiger partial charge in [-0.25, -0.2) is 21.6 Å². The van der Waals surface area contributed by atoms with E-state index in [1.54, 1.807) is 13.8 Å². The molecule has 0 aromatic heterocycles. The Morgan fingerprint density at radius 2 is 1.42 bits per heavy atom. The topological polar surface area (TPSA) is 150 Å². The first-order valence-electron chi connectivity index (χ1n) is 11.2. The van der Waals surface area contributed by atoms with Crippen molar-refractivity contribution in [2.75, 3.05) is 33.3 Å². The predicted octanol–water partition coefficient (Wildman–Crippen LogP) is 1.23. The number of piperazine rings is 1. The van der Waals surface area contributed by atoms with Crippen molar-refractivity contribution in [2.45, 2.75) is 29.7 Å². The number of rotatable bonds is 9. The second-order valence-electron chi connectivity index (χ2n) is 8.58. The van der Waals surface area contributed by atoms with E-state index in [0.717, 1.165) is 0 Å². The van der Waals surface area contributed by atoms with Gasteiger partial charge in [0.2, 0.25) is 26.0 Å². The van der Waals surface area contributed by atoms with E-state index in [0.29, 0.717) is 5.75 Å². The predicted molar refractivity (Wildman–Crippen MR) is 131 cm³/mol. The maximum Gasteiger partial charge on any atom is 0.335 e. The van der Waals surface area contributed by atoms with E-state index in [1.807, 2.05) is 0 Å². The normalized spacial score (nSPS) is 16.1. The van der Waals surface area contributed by atoms with E-state index in [4.69, 9.17) is 9.84 Å². The number of sulfonamides is 2. The fourth-order valence-corrected chi connectivity index (χ4v) is 6.49. The van der Waals surface area contributed by atoms with Crippen LogP contribution in [0.3, 0.4) is 0 Å². The second kappa shape index (κ2) is 10.9. The summed E-state index contributed by atoms with van der Waals surface area (Å²) in [5.41, 5.74) is -0.0267. The van der Waals surface area contributed by atoms with Gasteiger partial charge in [-0.15, -0.1) is 0 Å². The van der Waals surface area contributed by atoms with Crippen molar-refractivity contribution >= 4 is 31.9 Å². The Kier molecular flexibility index (Phi) is 8.39. The zero-order valence-corrected chi connectivity index (χ0v) is 21.8. The summed E-state index contributed by atoms with van der Waals surface area (Å²) in [6, 6.07) is 9.66. The molecule has 3 rings (SSSR count). The first-order valence-corrected chi connectivity index (χ1v) is 14.1. The number of carbonyl (C=O) groups is 2. The number of nitrogens with zero attached hydrogens (tertiary/aromatic N) is 2. The molecule has 1 aliphatic rings. The highest BCUT2D eigenvalue weighted by Crippen LogP contribution is 2.21. The molecule has 1 aliphatic heterocycles. The minimum Gasteiger partial charge on any atom is -0.497 e. The molecule has 2 aromatic rings. The number of ether oxygens (including phenoxy) is 1. The highest BCUT2D eigenvalue weighted by Gasteiger charge is 2.35. The Morgan fingerprint density at radius 1 is 0.889 bits per heavy atom. The van der Waals surface area contributed by atoms with Crippen LogP contribution in [0.25, 0.3) is 0 Å². The molecular weight excluding hydrogens is 510 g/mol. The van der Waals surface area contributed by atoms with E-state index >= 15 is 0 Å². The Labute approximate surface area is 210 Å². The summed E-state index contributed by atoms with van der Waals surface area (Å²) < 4.78 is 60.4. The molecule has 1 fully saturated rings. The van der Waals surface area contributed by atoms with E-state index < -0.39 is 38.0 Å². The molecule has 2 N–H and O–H groups in total. The number of carboxylic acids is 1. The minimum atomic E-state index is -3.99. The largest absolute Gasteiger partial charge is 0.497 e. The zero-order valence-electron chi connectivity index (χ0n) is 20.1. The fourth-order valence-electron chi connectivity index (χ4n) is 3.73. The summed E-state index contributed by atoms with van der Waals surface area (Å²) in [5, 5.41) is 9.00. The van der Waals surface area contributed by atoms with Gasteiger partial charge in [-0.3, -0.25) is 4.79 Å². The van der Waals surface area contributed by atoms with Gasteiger partial charge in [-0.05, 0) is 54.4 Å². The van der Waals surface area contributed by atoms with Gasteiger partial charge in [0.25, 0.3) is 0 Å². The quantitative estimate of drug-likeness (QED) is 0.483. The number of carboxylic acid groups (broad SMARTS) is 1. The van der Waals surface area contributed by atoms with Crippen molar-refractivity contribution in [3.05, 3.63) is 54.1 Å². The lowest BCUT2D eigenvalue weighted by molar-refractivity contribution is -0.135. The summed E-state index contributed by atoms with van der Waals surface area (Å²) in [5.74, 6) is -1.46. The summed E-state index contributed by atoms with van der Waals surface area (Å²) in [6.45, 7) is 3.65. The maximum absolute atomic E-state index is 13.2. The van der Waals surface area contributed by atoms with Crippen LogP contribution in [0.4, 0.5) is 0 Å². The first-order chi connectivity index (χ1) is 16.9. The molecule has 1 saturated heterocycles. The molecule has 2 aromatic carbocycles. The third-order valence-corrected chi connectivity index (χ3v) is 9.24. The van der Waals surface area contributed by atoms with E-state index in [-0.39, 0.29) is 47.5 Å². The van der Waals surface area contributed by atoms with Crippen LogP contribution in [0.1, 0.15) is 24.2 Å².